The number of likely N-dealkylation sites (N-methyl/N-ethyl adjacent to an activating group) is 1. The lowest BCUT2D eigenvalue weighted by atomic mass is 9.50. The van der Waals surface area contributed by atoms with Crippen LogP contribution in [-0.2, 0) is 20.4 Å². The van der Waals surface area contributed by atoms with Gasteiger partial charge in [-0.2, -0.15) is 0 Å². The number of anilines is 2. The molecule has 1 N–H and O–H groups in total. The number of nitrogens with zero attached hydrogens (tertiary/aromatic N) is 3. The van der Waals surface area contributed by atoms with Gasteiger partial charge in [-0.1, -0.05) is 30.3 Å². The lowest BCUT2D eigenvalue weighted by Gasteiger charge is -2.62. The fourth-order valence-corrected chi connectivity index (χ4v) is 9.05. The predicted molar refractivity (Wildman–Crippen MR) is 131 cm³/mol. The second kappa shape index (κ2) is 5.80. The second-order valence-electron chi connectivity index (χ2n) is 11.8. The van der Waals surface area contributed by atoms with Crippen LogP contribution in [0.3, 0.4) is 0 Å². The lowest BCUT2D eigenvalue weighted by molar-refractivity contribution is -0.140. The molecule has 7 atom stereocenters. The summed E-state index contributed by atoms with van der Waals surface area (Å²) >= 11 is 0. The molecule has 6 aliphatic rings. The number of likely N-dealkylation sites (tertiary alicyclic amines) is 1. The molecule has 6 heteroatoms. The Kier molecular flexibility index (Phi) is 3.36. The van der Waals surface area contributed by atoms with Crippen molar-refractivity contribution in [3.8, 4) is 0 Å². The van der Waals surface area contributed by atoms with Crippen LogP contribution in [-0.4, -0.2) is 59.9 Å². The van der Waals surface area contributed by atoms with Crippen LogP contribution in [0.15, 0.2) is 42.5 Å². The molecule has 2 aromatic carbocycles. The fourth-order valence-electron chi connectivity index (χ4n) is 9.05. The summed E-state index contributed by atoms with van der Waals surface area (Å²) in [5.41, 5.74) is 6.48. The number of para-hydroxylation sites is 1. The summed E-state index contributed by atoms with van der Waals surface area (Å²) in [5.74, 6) is 0.184. The van der Waals surface area contributed by atoms with Crippen molar-refractivity contribution < 1.29 is 9.53 Å². The Bertz CT molecular complexity index is 1270. The highest BCUT2D eigenvalue weighted by atomic mass is 16.6. The maximum atomic E-state index is 13.2. The van der Waals surface area contributed by atoms with E-state index in [9.17, 15) is 4.79 Å². The average Bonchev–Trinajstić information content (AvgIpc) is 3.21. The molecule has 0 aliphatic carbocycles. The zero-order valence-corrected chi connectivity index (χ0v) is 20.3. The van der Waals surface area contributed by atoms with Gasteiger partial charge in [-0.05, 0) is 55.5 Å². The number of amides is 1. The van der Waals surface area contributed by atoms with Gasteiger partial charge in [0, 0.05) is 43.9 Å². The molecule has 0 aromatic heterocycles. The van der Waals surface area contributed by atoms with E-state index in [4.69, 9.17) is 4.74 Å². The molecule has 0 radical (unpaired) electrons. The number of benzene rings is 2. The SMILES string of the molecule is CC(=O)N1CC[C@]23c4ccccc4N[C@H]4N(C)c5cccc6c5[C@]42CCN([C@H]6[C@@H]2OC2(C)C)[C@@H]13. The second-order valence-corrected chi connectivity index (χ2v) is 11.8. The number of fused-ring (bicyclic) bond motifs is 1. The first-order chi connectivity index (χ1) is 16.3. The van der Waals surface area contributed by atoms with Gasteiger partial charge in [-0.15, -0.1) is 0 Å². The van der Waals surface area contributed by atoms with Crippen molar-refractivity contribution in [2.45, 2.75) is 74.5 Å². The monoisotopic (exact) mass is 456 g/mol. The summed E-state index contributed by atoms with van der Waals surface area (Å²) in [6, 6.07) is 15.9. The van der Waals surface area contributed by atoms with Crippen LogP contribution in [0.2, 0.25) is 0 Å². The molecule has 34 heavy (non-hydrogen) atoms. The van der Waals surface area contributed by atoms with E-state index in [1.165, 1.54) is 28.1 Å². The number of piperidine rings is 1. The van der Waals surface area contributed by atoms with Crippen LogP contribution in [0.25, 0.3) is 0 Å². The van der Waals surface area contributed by atoms with Gasteiger partial charge >= 0.3 is 0 Å². The number of hydrogen-bond acceptors (Lipinski definition) is 5. The van der Waals surface area contributed by atoms with Gasteiger partial charge in [0.15, 0.2) is 0 Å². The van der Waals surface area contributed by atoms with Gasteiger partial charge < -0.3 is 19.9 Å². The highest BCUT2D eigenvalue weighted by Gasteiger charge is 2.77. The quantitative estimate of drug-likeness (QED) is 0.665. The molecule has 6 aliphatic heterocycles. The maximum Gasteiger partial charge on any atom is 0.220 e. The first kappa shape index (κ1) is 19.7. The molecule has 1 unspecified atom stereocenters. The lowest BCUT2D eigenvalue weighted by Crippen LogP contribution is -2.73. The Morgan fingerprint density at radius 1 is 1.06 bits per heavy atom. The molecule has 2 aromatic rings. The zero-order valence-electron chi connectivity index (χ0n) is 20.3. The largest absolute Gasteiger partial charge is 0.365 e. The third-order valence-corrected chi connectivity index (χ3v) is 10.2. The van der Waals surface area contributed by atoms with Crippen molar-refractivity contribution in [1.29, 1.82) is 0 Å². The summed E-state index contributed by atoms with van der Waals surface area (Å²) in [5, 5.41) is 3.99. The third kappa shape index (κ3) is 1.88. The first-order valence-corrected chi connectivity index (χ1v) is 12.8. The van der Waals surface area contributed by atoms with Gasteiger partial charge in [-0.25, -0.2) is 0 Å². The minimum absolute atomic E-state index is 0.0289. The maximum absolute atomic E-state index is 13.2. The van der Waals surface area contributed by atoms with Crippen molar-refractivity contribution in [3.05, 3.63) is 59.2 Å². The topological polar surface area (TPSA) is 51.4 Å². The summed E-state index contributed by atoms with van der Waals surface area (Å²) in [7, 11) is 2.25. The molecule has 2 bridgehead atoms. The van der Waals surface area contributed by atoms with E-state index in [0.717, 1.165) is 25.9 Å². The van der Waals surface area contributed by atoms with Gasteiger partial charge in [0.05, 0.1) is 23.2 Å². The van der Waals surface area contributed by atoms with E-state index in [2.05, 4.69) is 83.4 Å². The van der Waals surface area contributed by atoms with E-state index in [0.29, 0.717) is 0 Å². The molecule has 1 amide bonds. The Labute approximate surface area is 200 Å². The van der Waals surface area contributed by atoms with E-state index in [1.54, 1.807) is 6.92 Å². The van der Waals surface area contributed by atoms with Crippen molar-refractivity contribution in [2.75, 3.05) is 30.4 Å². The van der Waals surface area contributed by atoms with Crippen LogP contribution in [0.5, 0.6) is 0 Å². The molecule has 0 saturated carbocycles. The normalized spacial score (nSPS) is 41.4. The van der Waals surface area contributed by atoms with Crippen LogP contribution in [0.4, 0.5) is 11.4 Å². The Morgan fingerprint density at radius 2 is 1.82 bits per heavy atom. The van der Waals surface area contributed by atoms with Crippen LogP contribution >= 0.6 is 0 Å². The molecule has 176 valence electrons. The van der Waals surface area contributed by atoms with Gasteiger partial charge in [0.25, 0.3) is 0 Å². The van der Waals surface area contributed by atoms with Crippen molar-refractivity contribution >= 4 is 17.3 Å². The number of hydrogen-bond donors (Lipinski definition) is 1. The summed E-state index contributed by atoms with van der Waals surface area (Å²) < 4.78 is 6.38. The van der Waals surface area contributed by atoms with E-state index < -0.39 is 0 Å². The van der Waals surface area contributed by atoms with Gasteiger partial charge in [0.2, 0.25) is 5.91 Å². The number of rotatable bonds is 1. The van der Waals surface area contributed by atoms with Gasteiger partial charge in [0.1, 0.15) is 12.3 Å². The Balaban J connectivity index is 1.51. The van der Waals surface area contributed by atoms with Crippen LogP contribution in [0.1, 0.15) is 56.3 Å². The van der Waals surface area contributed by atoms with Crippen molar-refractivity contribution in [1.82, 2.24) is 9.80 Å². The Morgan fingerprint density at radius 3 is 2.59 bits per heavy atom. The third-order valence-electron chi connectivity index (χ3n) is 10.2. The van der Waals surface area contributed by atoms with Crippen LogP contribution < -0.4 is 10.2 Å². The van der Waals surface area contributed by atoms with E-state index in [-0.39, 0.29) is 46.8 Å². The summed E-state index contributed by atoms with van der Waals surface area (Å²) in [6.45, 7) is 7.96. The average molecular weight is 457 g/mol. The Hall–Kier alpha value is -2.57. The fraction of sp³-hybridized carbons (Fsp3) is 0.536. The zero-order chi connectivity index (χ0) is 23.2. The summed E-state index contributed by atoms with van der Waals surface area (Å²) in [4.78, 5) is 20.5. The predicted octanol–water partition coefficient (Wildman–Crippen LogP) is 3.58. The molecule has 6 nitrogen and oxygen atoms in total. The smallest absolute Gasteiger partial charge is 0.220 e. The van der Waals surface area contributed by atoms with Crippen molar-refractivity contribution in [3.63, 3.8) is 0 Å². The number of carbonyl (C=O) groups is 1. The number of ether oxygens (including phenoxy) is 1. The minimum Gasteiger partial charge on any atom is -0.365 e. The van der Waals surface area contributed by atoms with Crippen LogP contribution in [0, 0.1) is 0 Å². The molecule has 6 heterocycles. The first-order valence-electron chi connectivity index (χ1n) is 12.8. The molecule has 2 spiro atoms. The number of nitrogens with one attached hydrogen (secondary N) is 1. The molecular weight excluding hydrogens is 424 g/mol. The standard InChI is InChI=1S/C28H32N4O2/c1-16(33)31-14-12-27-18-9-5-6-10-19(18)29-24-28(27)13-15-32(25(27)31)22(23-26(2,3)34-23)17-8-7-11-20(21(17)28)30(24)4/h5-11,22-25,29H,12-15H2,1-4H3/t22-,23+,24+,25-,27-,28-/m1/s1. The highest BCUT2D eigenvalue weighted by molar-refractivity contribution is 5.80. The van der Waals surface area contributed by atoms with Gasteiger partial charge in [-0.3, -0.25) is 9.69 Å². The highest BCUT2D eigenvalue weighted by Crippen LogP contribution is 2.72. The molecule has 8 rings (SSSR count). The van der Waals surface area contributed by atoms with E-state index in [1.807, 2.05) is 0 Å². The molecule has 3 fully saturated rings. The minimum atomic E-state index is -0.160. The number of carbonyl (C=O) groups excluding carboxylic acids is 1. The number of epoxide rings is 1. The van der Waals surface area contributed by atoms with Crippen molar-refractivity contribution in [2.24, 2.45) is 0 Å². The summed E-state index contributed by atoms with van der Waals surface area (Å²) in [6.07, 6.45) is 2.40. The van der Waals surface area contributed by atoms with E-state index >= 15 is 0 Å². The molecule has 3 saturated heterocycles. The molecular formula is C28H32N4O2.